The molecule has 4 rings (SSSR count). The Morgan fingerprint density at radius 3 is 2.57 bits per heavy atom. The number of azo groups is 1. The maximum absolute atomic E-state index is 12.7. The summed E-state index contributed by atoms with van der Waals surface area (Å²) in [5, 5.41) is 13.8. The summed E-state index contributed by atoms with van der Waals surface area (Å²) in [4.78, 5) is 17.1. The van der Waals surface area contributed by atoms with Crippen LogP contribution in [0.4, 0.5) is 11.4 Å². The molecule has 0 aliphatic heterocycles. The molecule has 0 spiro atoms. The smallest absolute Gasteiger partial charge is 0.285 e. The van der Waals surface area contributed by atoms with Gasteiger partial charge >= 0.3 is 0 Å². The van der Waals surface area contributed by atoms with Crippen molar-refractivity contribution in [2.75, 3.05) is 6.61 Å². The molecule has 0 saturated heterocycles. The Balaban J connectivity index is 1.52. The Hall–Kier alpha value is -3.87. The first-order valence-corrected chi connectivity index (χ1v) is 9.57. The molecule has 0 aliphatic rings. The van der Waals surface area contributed by atoms with Crippen LogP contribution in [0, 0.1) is 20.8 Å². The summed E-state index contributed by atoms with van der Waals surface area (Å²) in [6, 6.07) is 17.2. The van der Waals surface area contributed by atoms with Gasteiger partial charge in [-0.3, -0.25) is 9.78 Å². The van der Waals surface area contributed by atoms with E-state index >= 15 is 0 Å². The van der Waals surface area contributed by atoms with Crippen LogP contribution in [-0.2, 0) is 0 Å². The molecule has 0 atom stereocenters. The number of hydrogen-bond acceptors (Lipinski definition) is 6. The highest BCUT2D eigenvalue weighted by Gasteiger charge is 2.17. The first-order chi connectivity index (χ1) is 14.5. The van der Waals surface area contributed by atoms with E-state index in [1.54, 1.807) is 26.1 Å². The minimum absolute atomic E-state index is 0.161. The summed E-state index contributed by atoms with van der Waals surface area (Å²) in [5.74, 6) is 0.266. The van der Waals surface area contributed by atoms with Crippen molar-refractivity contribution in [3.05, 3.63) is 77.7 Å². The van der Waals surface area contributed by atoms with Crippen LogP contribution in [0.25, 0.3) is 10.9 Å². The number of nitrogens with zero attached hydrogens (tertiary/aromatic N) is 5. The molecule has 0 aliphatic carbocycles. The number of hydrogen-bond donors (Lipinski definition) is 0. The number of carbonyl (C=O) groups is 1. The molecule has 2 aromatic carbocycles. The van der Waals surface area contributed by atoms with Crippen molar-refractivity contribution < 1.29 is 9.53 Å². The fourth-order valence-electron chi connectivity index (χ4n) is 3.13. The van der Waals surface area contributed by atoms with Crippen LogP contribution >= 0.6 is 0 Å². The molecule has 4 aromatic rings. The van der Waals surface area contributed by atoms with Crippen LogP contribution in [0.1, 0.15) is 21.7 Å². The van der Waals surface area contributed by atoms with Gasteiger partial charge in [0.15, 0.2) is 6.61 Å². The van der Waals surface area contributed by atoms with E-state index in [9.17, 15) is 4.79 Å². The van der Waals surface area contributed by atoms with Gasteiger partial charge in [0.05, 0.1) is 17.1 Å². The van der Waals surface area contributed by atoms with Gasteiger partial charge in [0, 0.05) is 11.6 Å². The Labute approximate surface area is 174 Å². The van der Waals surface area contributed by atoms with Crippen LogP contribution in [0.2, 0.25) is 0 Å². The molecule has 0 N–H and O–H groups in total. The molecule has 7 nitrogen and oxygen atoms in total. The summed E-state index contributed by atoms with van der Waals surface area (Å²) in [6.45, 7) is 5.45. The van der Waals surface area contributed by atoms with Crippen LogP contribution in [0.3, 0.4) is 0 Å². The summed E-state index contributed by atoms with van der Waals surface area (Å²) in [5.41, 5.74) is 4.44. The van der Waals surface area contributed by atoms with Crippen LogP contribution in [-0.4, -0.2) is 27.3 Å². The van der Waals surface area contributed by atoms with Crippen molar-refractivity contribution in [2.45, 2.75) is 20.8 Å². The Kier molecular flexibility index (Phi) is 5.34. The van der Waals surface area contributed by atoms with Gasteiger partial charge in [-0.15, -0.1) is 5.11 Å². The third-order valence-corrected chi connectivity index (χ3v) is 4.74. The molecule has 0 radical (unpaired) electrons. The van der Waals surface area contributed by atoms with Crippen molar-refractivity contribution in [3.8, 4) is 5.75 Å². The Bertz CT molecular complexity index is 1240. The summed E-state index contributed by atoms with van der Waals surface area (Å²) in [7, 11) is 0. The zero-order valence-corrected chi connectivity index (χ0v) is 17.0. The second-order valence-corrected chi connectivity index (χ2v) is 6.98. The molecule has 0 bridgehead atoms. The lowest BCUT2D eigenvalue weighted by atomic mass is 10.2. The first-order valence-electron chi connectivity index (χ1n) is 9.57. The monoisotopic (exact) mass is 399 g/mol. The predicted octanol–water partition coefficient (Wildman–Crippen LogP) is 5.49. The third-order valence-electron chi connectivity index (χ3n) is 4.74. The second kappa shape index (κ2) is 8.24. The lowest BCUT2D eigenvalue weighted by molar-refractivity contribution is 0.0819. The number of aryl methyl sites for hydroxylation is 2. The maximum Gasteiger partial charge on any atom is 0.285 e. The van der Waals surface area contributed by atoms with Crippen molar-refractivity contribution in [3.63, 3.8) is 0 Å². The second-order valence-electron chi connectivity index (χ2n) is 6.98. The van der Waals surface area contributed by atoms with Crippen LogP contribution in [0.5, 0.6) is 5.75 Å². The van der Waals surface area contributed by atoms with Gasteiger partial charge in [-0.2, -0.15) is 14.9 Å². The number of carbonyl (C=O) groups excluding carboxylic acids is 1. The normalized spacial score (nSPS) is 11.3. The zero-order chi connectivity index (χ0) is 21.1. The SMILES string of the molecule is Cc1ccc(N=Nc2c(C)nn(C(=O)COc3cccc4cccnc34)c2C)cc1. The highest BCUT2D eigenvalue weighted by atomic mass is 16.5. The fourth-order valence-corrected chi connectivity index (χ4v) is 3.13. The van der Waals surface area contributed by atoms with Gasteiger partial charge in [0.1, 0.15) is 17.0 Å². The molecule has 150 valence electrons. The van der Waals surface area contributed by atoms with E-state index in [1.807, 2.05) is 55.5 Å². The largest absolute Gasteiger partial charge is 0.481 e. The standard InChI is InChI=1S/C23H21N5O2/c1-15-9-11-19(12-10-15)25-26-22-16(2)27-28(17(22)3)21(29)14-30-20-8-4-6-18-7-5-13-24-23(18)20/h4-13H,14H2,1-3H3. The van der Waals surface area contributed by atoms with Crippen molar-refractivity contribution in [1.29, 1.82) is 0 Å². The molecule has 0 amide bonds. The zero-order valence-electron chi connectivity index (χ0n) is 17.0. The summed E-state index contributed by atoms with van der Waals surface area (Å²) >= 11 is 0. The first kappa shape index (κ1) is 19.4. The van der Waals surface area contributed by atoms with Gasteiger partial charge in [-0.05, 0) is 45.0 Å². The van der Waals surface area contributed by atoms with E-state index in [1.165, 1.54) is 4.68 Å². The average molecular weight is 399 g/mol. The predicted molar refractivity (Wildman–Crippen MR) is 115 cm³/mol. The fraction of sp³-hybridized carbons (Fsp3) is 0.174. The van der Waals surface area contributed by atoms with E-state index < -0.39 is 0 Å². The Morgan fingerprint density at radius 2 is 1.77 bits per heavy atom. The number of benzene rings is 2. The topological polar surface area (TPSA) is 81.7 Å². The molecular weight excluding hydrogens is 378 g/mol. The molecule has 7 heteroatoms. The highest BCUT2D eigenvalue weighted by Crippen LogP contribution is 2.26. The number of aromatic nitrogens is 3. The minimum atomic E-state index is -0.291. The number of rotatable bonds is 5. The summed E-state index contributed by atoms with van der Waals surface area (Å²) in [6.07, 6.45) is 1.70. The molecule has 0 fully saturated rings. The number of para-hydroxylation sites is 1. The van der Waals surface area contributed by atoms with Crippen LogP contribution < -0.4 is 4.74 Å². The van der Waals surface area contributed by atoms with E-state index in [2.05, 4.69) is 20.3 Å². The molecule has 0 saturated carbocycles. The van der Waals surface area contributed by atoms with E-state index in [-0.39, 0.29) is 12.5 Å². The Morgan fingerprint density at radius 1 is 1.00 bits per heavy atom. The maximum atomic E-state index is 12.7. The lowest BCUT2D eigenvalue weighted by Gasteiger charge is -2.08. The van der Waals surface area contributed by atoms with E-state index in [4.69, 9.17) is 4.74 Å². The van der Waals surface area contributed by atoms with Crippen molar-refractivity contribution in [2.24, 2.45) is 10.2 Å². The molecule has 2 aromatic heterocycles. The van der Waals surface area contributed by atoms with Gasteiger partial charge in [-0.1, -0.05) is 35.9 Å². The molecular formula is C23H21N5O2. The van der Waals surface area contributed by atoms with E-state index in [0.717, 1.165) is 16.6 Å². The number of pyridine rings is 1. The average Bonchev–Trinajstić information content (AvgIpc) is 3.05. The quantitative estimate of drug-likeness (QED) is 0.415. The molecule has 0 unspecified atom stereocenters. The third kappa shape index (κ3) is 3.96. The highest BCUT2D eigenvalue weighted by molar-refractivity contribution is 5.85. The summed E-state index contributed by atoms with van der Waals surface area (Å²) < 4.78 is 7.07. The van der Waals surface area contributed by atoms with Gasteiger partial charge in [0.25, 0.3) is 5.91 Å². The molecule has 2 heterocycles. The van der Waals surface area contributed by atoms with Gasteiger partial charge in [0.2, 0.25) is 0 Å². The minimum Gasteiger partial charge on any atom is -0.481 e. The number of fused-ring (bicyclic) bond motifs is 1. The van der Waals surface area contributed by atoms with Gasteiger partial charge in [-0.25, -0.2) is 0 Å². The lowest BCUT2D eigenvalue weighted by Crippen LogP contribution is -2.21. The van der Waals surface area contributed by atoms with Crippen molar-refractivity contribution >= 4 is 28.2 Å². The number of ether oxygens (including phenoxy) is 1. The molecule has 30 heavy (non-hydrogen) atoms. The van der Waals surface area contributed by atoms with E-state index in [0.29, 0.717) is 28.3 Å². The van der Waals surface area contributed by atoms with Crippen molar-refractivity contribution in [1.82, 2.24) is 14.8 Å². The van der Waals surface area contributed by atoms with Gasteiger partial charge < -0.3 is 4.74 Å². The van der Waals surface area contributed by atoms with Crippen LogP contribution in [0.15, 0.2) is 71.0 Å².